The van der Waals surface area contributed by atoms with Crippen LogP contribution in [0.15, 0.2) is 239 Å². The van der Waals surface area contributed by atoms with Crippen LogP contribution in [0.3, 0.4) is 0 Å². The first-order chi connectivity index (χ1) is 36.7. The Labute approximate surface area is 421 Å². The second-order valence-electron chi connectivity index (χ2n) is 18.9. The Morgan fingerprint density at radius 1 is 0.324 bits per heavy atom. The van der Waals surface area contributed by atoms with Gasteiger partial charge in [0.1, 0.15) is 33.5 Å². The third-order valence-electron chi connectivity index (χ3n) is 14.8. The van der Waals surface area contributed by atoms with Gasteiger partial charge in [0.25, 0.3) is 0 Å². The molecule has 0 aliphatic heterocycles. The highest BCUT2D eigenvalue weighted by molar-refractivity contribution is 6.18. The zero-order valence-electron chi connectivity index (χ0n) is 39.4. The largest absolute Gasteiger partial charge is 0.455 e. The summed E-state index contributed by atoms with van der Waals surface area (Å²) in [5.74, 6) is 1.18. The second-order valence-corrected chi connectivity index (χ2v) is 18.9. The van der Waals surface area contributed by atoms with Crippen LogP contribution in [0.4, 0.5) is 0 Å². The number of hydrogen-bond donors (Lipinski definition) is 0. The molecule has 0 fully saturated rings. The summed E-state index contributed by atoms with van der Waals surface area (Å²) < 4.78 is 18.0. The normalized spacial score (nSPS) is 12.1. The summed E-state index contributed by atoms with van der Waals surface area (Å²) in [5, 5.41) is 8.35. The van der Waals surface area contributed by atoms with Gasteiger partial charge in [-0.1, -0.05) is 158 Å². The molecule has 0 atom stereocenters. The number of benzene rings is 10. The first-order valence-electron chi connectivity index (χ1n) is 24.8. The molecule has 16 aromatic rings. The molecule has 6 heterocycles. The van der Waals surface area contributed by atoms with Crippen LogP contribution in [0, 0.1) is 0 Å². The topological polar surface area (TPSA) is 87.7 Å². The van der Waals surface area contributed by atoms with Crippen molar-refractivity contribution in [1.82, 2.24) is 29.1 Å². The summed E-state index contributed by atoms with van der Waals surface area (Å²) in [4.78, 5) is 21.8. The molecule has 6 aromatic heterocycles. The molecule has 0 spiro atoms. The molecule has 8 heteroatoms. The van der Waals surface area contributed by atoms with Gasteiger partial charge >= 0.3 is 0 Å². The lowest BCUT2D eigenvalue weighted by atomic mass is 10.0. The Morgan fingerprint density at radius 2 is 0.878 bits per heavy atom. The van der Waals surface area contributed by atoms with E-state index in [2.05, 4.69) is 191 Å². The third kappa shape index (κ3) is 5.96. The van der Waals surface area contributed by atoms with Gasteiger partial charge in [0.05, 0.1) is 38.8 Å². The predicted octanol–water partition coefficient (Wildman–Crippen LogP) is 17.1. The van der Waals surface area contributed by atoms with Crippen LogP contribution in [-0.4, -0.2) is 29.1 Å². The smallest absolute Gasteiger partial charge is 0.235 e. The fourth-order valence-corrected chi connectivity index (χ4v) is 11.4. The van der Waals surface area contributed by atoms with Crippen molar-refractivity contribution >= 4 is 98.5 Å². The molecule has 0 amide bonds. The maximum Gasteiger partial charge on any atom is 0.235 e. The zero-order chi connectivity index (χ0) is 48.4. The van der Waals surface area contributed by atoms with E-state index in [0.29, 0.717) is 11.8 Å². The molecule has 74 heavy (non-hydrogen) atoms. The fraction of sp³-hybridized carbons (Fsp3) is 0. The Kier molecular flexibility index (Phi) is 8.58. The summed E-state index contributed by atoms with van der Waals surface area (Å²) in [6.45, 7) is 0. The minimum atomic E-state index is 0.559. The van der Waals surface area contributed by atoms with Gasteiger partial charge in [-0.25, -0.2) is 19.9 Å². The van der Waals surface area contributed by atoms with Crippen LogP contribution in [0.25, 0.3) is 155 Å². The van der Waals surface area contributed by atoms with Crippen LogP contribution in [0.2, 0.25) is 0 Å². The molecule has 8 nitrogen and oxygen atoms in total. The molecular formula is C66H38N6O2. The van der Waals surface area contributed by atoms with Crippen molar-refractivity contribution in [2.45, 2.75) is 0 Å². The number of aromatic nitrogens is 6. The van der Waals surface area contributed by atoms with E-state index in [-0.39, 0.29) is 0 Å². The lowest BCUT2D eigenvalue weighted by Crippen LogP contribution is -2.03. The lowest BCUT2D eigenvalue weighted by molar-refractivity contribution is 0.669. The van der Waals surface area contributed by atoms with Crippen molar-refractivity contribution in [3.05, 3.63) is 231 Å². The minimum Gasteiger partial charge on any atom is -0.455 e. The van der Waals surface area contributed by atoms with E-state index in [0.717, 1.165) is 143 Å². The van der Waals surface area contributed by atoms with E-state index in [9.17, 15) is 0 Å². The maximum absolute atomic E-state index is 6.78. The molecule has 0 radical (unpaired) electrons. The van der Waals surface area contributed by atoms with Crippen LogP contribution < -0.4 is 0 Å². The van der Waals surface area contributed by atoms with Crippen molar-refractivity contribution in [2.24, 2.45) is 0 Å². The van der Waals surface area contributed by atoms with Crippen molar-refractivity contribution in [2.75, 3.05) is 0 Å². The van der Waals surface area contributed by atoms with E-state index < -0.39 is 0 Å². The van der Waals surface area contributed by atoms with E-state index in [1.54, 1.807) is 0 Å². The molecule has 16 rings (SSSR count). The molecule has 0 aliphatic carbocycles. The number of para-hydroxylation sites is 7. The zero-order valence-corrected chi connectivity index (χ0v) is 39.4. The average molecular weight is 947 g/mol. The highest BCUT2D eigenvalue weighted by Crippen LogP contribution is 2.45. The molecule has 0 N–H and O–H groups in total. The van der Waals surface area contributed by atoms with Gasteiger partial charge in [-0.15, -0.1) is 0 Å². The van der Waals surface area contributed by atoms with E-state index in [1.807, 2.05) is 48.5 Å². The summed E-state index contributed by atoms with van der Waals surface area (Å²) in [7, 11) is 0. The number of nitrogens with zero attached hydrogens (tertiary/aromatic N) is 6. The second kappa shape index (κ2) is 15.7. The van der Waals surface area contributed by atoms with Crippen molar-refractivity contribution < 1.29 is 8.83 Å². The first kappa shape index (κ1) is 40.5. The Hall–Kier alpha value is -10.2. The Balaban J connectivity index is 0.959. The SMILES string of the molecule is c1ccc(-c2nc(-n3c4ccccc4c4cc(-c5ccc6c(c5)c5nc(-c7cccc8c7oc7ccccc78)nc(-c7cccc8c7oc7ccccc78)c5n6-c5ccccc5)ccc43)nc3ccccc23)cc1. The quantitative estimate of drug-likeness (QED) is 0.165. The molecule has 0 bridgehead atoms. The lowest BCUT2D eigenvalue weighted by Gasteiger charge is -2.12. The Morgan fingerprint density at radius 3 is 1.61 bits per heavy atom. The molecule has 0 aliphatic rings. The number of rotatable bonds is 6. The van der Waals surface area contributed by atoms with Gasteiger partial charge in [-0.3, -0.25) is 4.57 Å². The Bertz CT molecular complexity index is 4970. The summed E-state index contributed by atoms with van der Waals surface area (Å²) in [6.07, 6.45) is 0. The van der Waals surface area contributed by atoms with Crippen LogP contribution >= 0.6 is 0 Å². The van der Waals surface area contributed by atoms with E-state index in [4.69, 9.17) is 28.8 Å². The molecule has 0 unspecified atom stereocenters. The average Bonchev–Trinajstić information content (AvgIpc) is 4.27. The van der Waals surface area contributed by atoms with Gasteiger partial charge < -0.3 is 13.4 Å². The molecular weight excluding hydrogens is 909 g/mol. The minimum absolute atomic E-state index is 0.559. The van der Waals surface area contributed by atoms with Gasteiger partial charge in [0.15, 0.2) is 5.82 Å². The van der Waals surface area contributed by atoms with Crippen molar-refractivity contribution in [1.29, 1.82) is 0 Å². The molecule has 0 saturated carbocycles. The fourth-order valence-electron chi connectivity index (χ4n) is 11.4. The van der Waals surface area contributed by atoms with E-state index in [1.165, 1.54) is 0 Å². The maximum atomic E-state index is 6.78. The third-order valence-corrected chi connectivity index (χ3v) is 14.8. The van der Waals surface area contributed by atoms with Crippen LogP contribution in [0.5, 0.6) is 0 Å². The van der Waals surface area contributed by atoms with Crippen LogP contribution in [-0.2, 0) is 0 Å². The standard InChI is InChI=1S/C66H38N6O2/c1-3-17-39(18-4-1)59-48-24-7-11-29-53(48)67-66(70-59)72-54-30-12-8-21-43(54)51-37-40(33-35-55(51)72)41-34-36-56-52(38-41)61-62(71(56)42-19-5-2-6-20-42)60(49-27-15-25-46-44-22-9-13-31-57(44)73-63(46)49)68-65(69-61)50-28-16-26-47-45-23-10-14-32-58(45)74-64(47)50/h1-38H. The van der Waals surface area contributed by atoms with Gasteiger partial charge in [0, 0.05) is 59.9 Å². The molecule has 10 aromatic carbocycles. The number of hydrogen-bond acceptors (Lipinski definition) is 6. The van der Waals surface area contributed by atoms with Crippen LogP contribution in [0.1, 0.15) is 0 Å². The summed E-state index contributed by atoms with van der Waals surface area (Å²) in [5.41, 5.74) is 16.3. The number of fused-ring (bicyclic) bond motifs is 13. The monoisotopic (exact) mass is 946 g/mol. The highest BCUT2D eigenvalue weighted by atomic mass is 16.3. The summed E-state index contributed by atoms with van der Waals surface area (Å²) >= 11 is 0. The molecule has 0 saturated heterocycles. The van der Waals surface area contributed by atoms with Crippen molar-refractivity contribution in [3.63, 3.8) is 0 Å². The van der Waals surface area contributed by atoms with Gasteiger partial charge in [-0.05, 0) is 83.9 Å². The highest BCUT2D eigenvalue weighted by Gasteiger charge is 2.26. The predicted molar refractivity (Wildman–Crippen MR) is 300 cm³/mol. The van der Waals surface area contributed by atoms with Crippen molar-refractivity contribution in [3.8, 4) is 56.7 Å². The molecule has 344 valence electrons. The summed E-state index contributed by atoms with van der Waals surface area (Å²) in [6, 6.07) is 80.1. The van der Waals surface area contributed by atoms with Gasteiger partial charge in [-0.2, -0.15) is 0 Å². The first-order valence-corrected chi connectivity index (χ1v) is 24.8. The number of furan rings is 2. The van der Waals surface area contributed by atoms with E-state index >= 15 is 0 Å². The van der Waals surface area contributed by atoms with Gasteiger partial charge in [0.2, 0.25) is 5.95 Å².